The Morgan fingerprint density at radius 2 is 2.03 bits per heavy atom. The third-order valence-electron chi connectivity index (χ3n) is 6.60. The third kappa shape index (κ3) is 5.43. The van der Waals surface area contributed by atoms with E-state index in [2.05, 4.69) is 26.2 Å². The summed E-state index contributed by atoms with van der Waals surface area (Å²) in [5.74, 6) is 0. The lowest BCUT2D eigenvalue weighted by atomic mass is 10.1. The third-order valence-corrected chi connectivity index (χ3v) is 6.97. The van der Waals surface area contributed by atoms with Crippen molar-refractivity contribution in [2.45, 2.75) is 49.3 Å². The first-order valence-electron chi connectivity index (χ1n) is 11.3. The molecule has 7 atom stereocenters. The molecule has 32 heavy (non-hydrogen) atoms. The molecule has 0 spiro atoms. The van der Waals surface area contributed by atoms with Crippen LogP contribution in [0.4, 0.5) is 0 Å². The predicted octanol–water partition coefficient (Wildman–Crippen LogP) is -2.16. The predicted molar refractivity (Wildman–Crippen MR) is 123 cm³/mol. The fraction of sp³-hybridized carbons (Fsp3) is 0.714. The number of halogens is 1. The van der Waals surface area contributed by atoms with E-state index in [1.165, 1.54) is 0 Å². The van der Waals surface area contributed by atoms with Gasteiger partial charge in [-0.25, -0.2) is 4.90 Å². The highest BCUT2D eigenvalue weighted by Gasteiger charge is 2.51. The molecule has 0 amide bonds. The van der Waals surface area contributed by atoms with E-state index in [-0.39, 0.29) is 18.4 Å². The van der Waals surface area contributed by atoms with Crippen LogP contribution in [0, 0.1) is 0 Å². The Kier molecular flexibility index (Phi) is 8.35. The maximum Gasteiger partial charge on any atom is 0.142 e. The molecule has 0 radical (unpaired) electrons. The molecular formula is C21H36ClN7O3. The number of hydrogen-bond donors (Lipinski definition) is 7. The van der Waals surface area contributed by atoms with E-state index in [4.69, 9.17) is 22.1 Å². The first-order chi connectivity index (χ1) is 15.5. The topological polar surface area (TPSA) is 130 Å². The number of aliphatic hydroxyl groups is 2. The SMILES string of the molecule is CN(CCNCCc1ccccc1Cl)C[C@H]1O[C@@H](N2CNC3C(N)NCNC32)[C@H](O)[C@@H]1O. The molecule has 180 valence electrons. The van der Waals surface area contributed by atoms with E-state index < -0.39 is 24.5 Å². The largest absolute Gasteiger partial charge is 0.387 e. The van der Waals surface area contributed by atoms with Gasteiger partial charge in [-0.2, -0.15) is 0 Å². The molecule has 3 heterocycles. The molecule has 10 nitrogen and oxygen atoms in total. The van der Waals surface area contributed by atoms with E-state index in [0.717, 1.165) is 36.6 Å². The van der Waals surface area contributed by atoms with Crippen molar-refractivity contribution in [3.05, 3.63) is 34.9 Å². The van der Waals surface area contributed by atoms with Gasteiger partial charge in [0.1, 0.15) is 24.5 Å². The van der Waals surface area contributed by atoms with Crippen molar-refractivity contribution in [1.82, 2.24) is 31.1 Å². The van der Waals surface area contributed by atoms with Crippen LogP contribution in [0.25, 0.3) is 0 Å². The van der Waals surface area contributed by atoms with Gasteiger partial charge < -0.3 is 30.9 Å². The van der Waals surface area contributed by atoms with Crippen LogP contribution < -0.4 is 27.0 Å². The number of nitrogens with two attached hydrogens (primary N) is 1. The fourth-order valence-corrected chi connectivity index (χ4v) is 4.95. The van der Waals surface area contributed by atoms with Crippen LogP contribution >= 0.6 is 11.6 Å². The van der Waals surface area contributed by atoms with Crippen molar-refractivity contribution in [2.75, 3.05) is 46.6 Å². The van der Waals surface area contributed by atoms with Crippen LogP contribution in [0.3, 0.4) is 0 Å². The lowest BCUT2D eigenvalue weighted by Gasteiger charge is -2.38. The maximum atomic E-state index is 10.7. The van der Waals surface area contributed by atoms with E-state index in [0.29, 0.717) is 19.9 Å². The van der Waals surface area contributed by atoms with Crippen LogP contribution in [0.15, 0.2) is 24.3 Å². The Bertz CT molecular complexity index is 747. The lowest BCUT2D eigenvalue weighted by Crippen LogP contribution is -2.68. The summed E-state index contributed by atoms with van der Waals surface area (Å²) in [6.45, 7) is 4.10. The number of ether oxygens (including phenoxy) is 1. The molecule has 0 bridgehead atoms. The molecule has 8 N–H and O–H groups in total. The summed E-state index contributed by atoms with van der Waals surface area (Å²) in [5, 5.41) is 35.4. The van der Waals surface area contributed by atoms with E-state index in [1.807, 2.05) is 36.2 Å². The normalized spacial score (nSPS) is 35.5. The number of fused-ring (bicyclic) bond motifs is 1. The molecule has 1 aromatic rings. The molecule has 0 aromatic heterocycles. The number of aliphatic hydroxyl groups excluding tert-OH is 2. The second kappa shape index (κ2) is 11.0. The minimum absolute atomic E-state index is 0.00950. The Labute approximate surface area is 194 Å². The summed E-state index contributed by atoms with van der Waals surface area (Å²) in [7, 11) is 1.99. The minimum atomic E-state index is -0.976. The highest BCUT2D eigenvalue weighted by Crippen LogP contribution is 2.28. The molecule has 3 unspecified atom stereocenters. The van der Waals surface area contributed by atoms with Gasteiger partial charge in [0.25, 0.3) is 0 Å². The fourth-order valence-electron chi connectivity index (χ4n) is 4.72. The highest BCUT2D eigenvalue weighted by atomic mass is 35.5. The monoisotopic (exact) mass is 469 g/mol. The standard InChI is InChI=1S/C21H36ClN7O3/c1-28(9-8-24-7-6-13-4-2-3-5-14(13)22)10-15-17(30)18(31)21(32-15)29-12-27-16-19(23)25-11-26-20(16)29/h2-5,15-21,24-27,30-31H,6-12,23H2,1H3/t15-,16?,17-,18-,19?,20?,21-/m1/s1. The molecular weight excluding hydrogens is 434 g/mol. The van der Waals surface area contributed by atoms with Crippen molar-refractivity contribution >= 4 is 11.6 Å². The second-order valence-electron chi connectivity index (χ2n) is 8.86. The molecule has 0 saturated carbocycles. The van der Waals surface area contributed by atoms with Crippen molar-refractivity contribution in [1.29, 1.82) is 0 Å². The van der Waals surface area contributed by atoms with Crippen LogP contribution in [0.1, 0.15) is 5.56 Å². The van der Waals surface area contributed by atoms with Crippen molar-refractivity contribution < 1.29 is 14.9 Å². The van der Waals surface area contributed by atoms with Crippen molar-refractivity contribution in [2.24, 2.45) is 5.73 Å². The molecule has 3 fully saturated rings. The molecule has 3 aliphatic heterocycles. The summed E-state index contributed by atoms with van der Waals surface area (Å²) in [6.07, 6.45) is -2.32. The first kappa shape index (κ1) is 24.2. The highest BCUT2D eigenvalue weighted by molar-refractivity contribution is 6.31. The van der Waals surface area contributed by atoms with Gasteiger partial charge in [0, 0.05) is 31.3 Å². The number of benzene rings is 1. The van der Waals surface area contributed by atoms with Crippen molar-refractivity contribution in [3.8, 4) is 0 Å². The first-order valence-corrected chi connectivity index (χ1v) is 11.7. The summed E-state index contributed by atoms with van der Waals surface area (Å²) < 4.78 is 6.13. The van der Waals surface area contributed by atoms with Gasteiger partial charge in [-0.05, 0) is 31.6 Å². The molecule has 0 aliphatic carbocycles. The van der Waals surface area contributed by atoms with E-state index in [1.54, 1.807) is 0 Å². The zero-order valence-corrected chi connectivity index (χ0v) is 19.2. The smallest absolute Gasteiger partial charge is 0.142 e. The molecule has 1 aromatic carbocycles. The van der Waals surface area contributed by atoms with Crippen molar-refractivity contribution in [3.63, 3.8) is 0 Å². The van der Waals surface area contributed by atoms with Gasteiger partial charge in [0.15, 0.2) is 0 Å². The van der Waals surface area contributed by atoms with Gasteiger partial charge in [-0.1, -0.05) is 29.8 Å². The lowest BCUT2D eigenvalue weighted by molar-refractivity contribution is -0.106. The van der Waals surface area contributed by atoms with Gasteiger partial charge in [0.05, 0.1) is 25.0 Å². The van der Waals surface area contributed by atoms with Crippen LogP contribution in [-0.4, -0.2) is 109 Å². The van der Waals surface area contributed by atoms with Gasteiger partial charge in [-0.15, -0.1) is 0 Å². The number of likely N-dealkylation sites (N-methyl/N-ethyl adjacent to an activating group) is 1. The number of nitrogens with one attached hydrogen (secondary N) is 4. The summed E-state index contributed by atoms with van der Waals surface area (Å²) in [6, 6.07) is 7.90. The quantitative estimate of drug-likeness (QED) is 0.201. The van der Waals surface area contributed by atoms with Crippen LogP contribution in [0.2, 0.25) is 5.02 Å². The van der Waals surface area contributed by atoms with E-state index in [9.17, 15) is 10.2 Å². The van der Waals surface area contributed by atoms with Gasteiger partial charge >= 0.3 is 0 Å². The van der Waals surface area contributed by atoms with Crippen LogP contribution in [-0.2, 0) is 11.2 Å². The van der Waals surface area contributed by atoms with Crippen LogP contribution in [0.5, 0.6) is 0 Å². The molecule has 4 rings (SSSR count). The van der Waals surface area contributed by atoms with E-state index >= 15 is 0 Å². The van der Waals surface area contributed by atoms with Gasteiger partial charge in [0.2, 0.25) is 0 Å². The zero-order valence-electron chi connectivity index (χ0n) is 18.5. The summed E-state index contributed by atoms with van der Waals surface area (Å²) >= 11 is 6.20. The average Bonchev–Trinajstić information content (AvgIpc) is 3.32. The Hall–Kier alpha value is -0.890. The Morgan fingerprint density at radius 3 is 2.84 bits per heavy atom. The minimum Gasteiger partial charge on any atom is -0.387 e. The Morgan fingerprint density at radius 1 is 1.22 bits per heavy atom. The number of hydrogen-bond acceptors (Lipinski definition) is 10. The molecule has 11 heteroatoms. The number of nitrogens with zero attached hydrogens (tertiary/aromatic N) is 2. The molecule has 3 saturated heterocycles. The summed E-state index contributed by atoms with van der Waals surface area (Å²) in [5.41, 5.74) is 7.27. The van der Waals surface area contributed by atoms with Gasteiger partial charge in [-0.3, -0.25) is 16.0 Å². The average molecular weight is 470 g/mol. The Balaban J connectivity index is 1.20. The summed E-state index contributed by atoms with van der Waals surface area (Å²) in [4.78, 5) is 4.12. The molecule has 3 aliphatic rings. The second-order valence-corrected chi connectivity index (χ2v) is 9.27. The zero-order chi connectivity index (χ0) is 22.7. The maximum absolute atomic E-state index is 10.7. The number of rotatable bonds is 9.